The average molecular weight is 457 g/mol. The fourth-order valence-corrected chi connectivity index (χ4v) is 3.92. The van der Waals surface area contributed by atoms with E-state index >= 15 is 0 Å². The number of nitrogens with zero attached hydrogens (tertiary/aromatic N) is 2. The van der Waals surface area contributed by atoms with Crippen molar-refractivity contribution in [2.24, 2.45) is 5.10 Å². The van der Waals surface area contributed by atoms with E-state index in [0.29, 0.717) is 33.9 Å². The van der Waals surface area contributed by atoms with Crippen LogP contribution in [0.15, 0.2) is 78.0 Å². The van der Waals surface area contributed by atoms with Crippen molar-refractivity contribution in [2.45, 2.75) is 13.0 Å². The third-order valence-corrected chi connectivity index (χ3v) is 5.63. The number of carbonyl (C=O) groups excluding carboxylic acids is 2. The molecule has 34 heavy (non-hydrogen) atoms. The number of nitrogens with one attached hydrogen (secondary N) is 1. The Balaban J connectivity index is 1.39. The standard InChI is InChI=1S/C26H20FN3O4/c1-16-19(14-28-29-26(32)23-15-33-21-7-2-3-8-22(21)34-23)20-6-4-5-13-30(20)24(16)25(31)17-9-11-18(27)12-10-17/h2-14,23H,15H2,1H3,(H,29,32)/b28-14-/t23-/m1/s1. The molecule has 5 rings (SSSR count). The molecule has 0 aliphatic carbocycles. The Bertz CT molecular complexity index is 1430. The van der Waals surface area contributed by atoms with Crippen LogP contribution in [0.3, 0.4) is 0 Å². The van der Waals surface area contributed by atoms with Gasteiger partial charge < -0.3 is 13.9 Å². The van der Waals surface area contributed by atoms with Crippen LogP contribution in [0.1, 0.15) is 27.2 Å². The molecule has 0 unspecified atom stereocenters. The van der Waals surface area contributed by atoms with E-state index in [9.17, 15) is 14.0 Å². The van der Waals surface area contributed by atoms with Gasteiger partial charge in [-0.05, 0) is 61.0 Å². The number of ether oxygens (including phenoxy) is 2. The van der Waals surface area contributed by atoms with Crippen molar-refractivity contribution in [3.8, 4) is 11.5 Å². The lowest BCUT2D eigenvalue weighted by molar-refractivity contribution is -0.130. The summed E-state index contributed by atoms with van der Waals surface area (Å²) in [5.41, 5.74) is 5.41. The zero-order chi connectivity index (χ0) is 23.7. The number of aromatic nitrogens is 1. The molecule has 7 nitrogen and oxygen atoms in total. The second-order valence-electron chi connectivity index (χ2n) is 7.78. The van der Waals surface area contributed by atoms with E-state index in [1.807, 2.05) is 31.2 Å². The highest BCUT2D eigenvalue weighted by Gasteiger charge is 2.27. The van der Waals surface area contributed by atoms with Gasteiger partial charge in [0.05, 0.1) is 17.4 Å². The first-order valence-electron chi connectivity index (χ1n) is 10.6. The normalized spacial score (nSPS) is 14.9. The lowest BCUT2D eigenvalue weighted by atomic mass is 10.0. The predicted molar refractivity (Wildman–Crippen MR) is 124 cm³/mol. The first-order chi connectivity index (χ1) is 16.5. The van der Waals surface area contributed by atoms with Crippen LogP contribution in [0, 0.1) is 12.7 Å². The minimum atomic E-state index is -0.838. The molecule has 0 radical (unpaired) electrons. The molecular weight excluding hydrogens is 437 g/mol. The number of rotatable bonds is 5. The summed E-state index contributed by atoms with van der Waals surface area (Å²) in [6.07, 6.45) is 2.44. The maximum Gasteiger partial charge on any atom is 0.284 e. The van der Waals surface area contributed by atoms with Crippen LogP contribution in [0.2, 0.25) is 0 Å². The molecule has 0 spiro atoms. The summed E-state index contributed by atoms with van der Waals surface area (Å²) in [6.45, 7) is 1.88. The van der Waals surface area contributed by atoms with Gasteiger partial charge in [0.1, 0.15) is 12.4 Å². The Morgan fingerprint density at radius 1 is 1.06 bits per heavy atom. The molecule has 8 heteroatoms. The lowest BCUT2D eigenvalue weighted by Crippen LogP contribution is -2.42. The molecule has 1 aliphatic rings. The zero-order valence-electron chi connectivity index (χ0n) is 18.2. The molecule has 2 aromatic carbocycles. The van der Waals surface area contributed by atoms with Crippen LogP contribution >= 0.6 is 0 Å². The fraction of sp³-hybridized carbons (Fsp3) is 0.115. The number of para-hydroxylation sites is 2. The SMILES string of the molecule is Cc1c(/C=N\NC(=O)[C@H]2COc3ccccc3O2)c2ccccn2c1C(=O)c1ccc(F)cc1. The highest BCUT2D eigenvalue weighted by molar-refractivity contribution is 6.12. The van der Waals surface area contributed by atoms with E-state index in [2.05, 4.69) is 10.5 Å². The largest absolute Gasteiger partial charge is 0.485 e. The van der Waals surface area contributed by atoms with Gasteiger partial charge >= 0.3 is 0 Å². The number of halogens is 1. The van der Waals surface area contributed by atoms with Gasteiger partial charge in [-0.2, -0.15) is 5.10 Å². The molecule has 4 aromatic rings. The molecule has 0 bridgehead atoms. The van der Waals surface area contributed by atoms with Crippen molar-refractivity contribution in [2.75, 3.05) is 6.61 Å². The van der Waals surface area contributed by atoms with Crippen molar-refractivity contribution in [1.29, 1.82) is 0 Å². The van der Waals surface area contributed by atoms with Crippen LogP contribution < -0.4 is 14.9 Å². The van der Waals surface area contributed by atoms with E-state index in [1.165, 1.54) is 30.5 Å². The fourth-order valence-electron chi connectivity index (χ4n) is 3.92. The Kier molecular flexibility index (Phi) is 5.55. The summed E-state index contributed by atoms with van der Waals surface area (Å²) in [6, 6.07) is 18.1. The molecule has 0 fully saturated rings. The van der Waals surface area contributed by atoms with E-state index in [-0.39, 0.29) is 12.4 Å². The summed E-state index contributed by atoms with van der Waals surface area (Å²) in [4.78, 5) is 25.8. The average Bonchev–Trinajstić information content (AvgIpc) is 3.15. The summed E-state index contributed by atoms with van der Waals surface area (Å²) < 4.78 is 26.4. The van der Waals surface area contributed by atoms with Gasteiger partial charge in [-0.25, -0.2) is 9.82 Å². The topological polar surface area (TPSA) is 81.4 Å². The highest BCUT2D eigenvalue weighted by Crippen LogP contribution is 2.31. The molecule has 1 amide bonds. The maximum atomic E-state index is 13.3. The minimum Gasteiger partial charge on any atom is -0.485 e. The Morgan fingerprint density at radius 3 is 2.59 bits per heavy atom. The third kappa shape index (κ3) is 3.90. The van der Waals surface area contributed by atoms with E-state index in [0.717, 1.165) is 5.52 Å². The summed E-state index contributed by atoms with van der Waals surface area (Å²) in [5, 5.41) is 4.11. The van der Waals surface area contributed by atoms with Gasteiger partial charge in [0, 0.05) is 17.3 Å². The van der Waals surface area contributed by atoms with E-state index in [4.69, 9.17) is 9.47 Å². The summed E-state index contributed by atoms with van der Waals surface area (Å²) >= 11 is 0. The van der Waals surface area contributed by atoms with Crippen molar-refractivity contribution >= 4 is 23.4 Å². The predicted octanol–water partition coefficient (Wildman–Crippen LogP) is 3.91. The van der Waals surface area contributed by atoms with Crippen LogP contribution in [-0.4, -0.2) is 35.0 Å². The Labute approximate surface area is 194 Å². The van der Waals surface area contributed by atoms with Crippen LogP contribution in [-0.2, 0) is 4.79 Å². The number of fused-ring (bicyclic) bond motifs is 2. The summed E-state index contributed by atoms with van der Waals surface area (Å²) in [7, 11) is 0. The zero-order valence-corrected chi connectivity index (χ0v) is 18.2. The molecule has 1 aliphatic heterocycles. The van der Waals surface area contributed by atoms with Gasteiger partial charge in [-0.15, -0.1) is 0 Å². The smallest absolute Gasteiger partial charge is 0.284 e. The number of pyridine rings is 1. The number of hydrogen-bond acceptors (Lipinski definition) is 5. The molecule has 2 aromatic heterocycles. The second kappa shape index (κ2) is 8.82. The first-order valence-corrected chi connectivity index (χ1v) is 10.6. The van der Waals surface area contributed by atoms with E-state index < -0.39 is 17.8 Å². The number of carbonyl (C=O) groups is 2. The highest BCUT2D eigenvalue weighted by atomic mass is 19.1. The molecule has 0 saturated heterocycles. The minimum absolute atomic E-state index is 0.0723. The number of hydrazone groups is 1. The van der Waals surface area contributed by atoms with Gasteiger partial charge in [0.15, 0.2) is 11.5 Å². The number of hydrogen-bond donors (Lipinski definition) is 1. The molecular formula is C26H20FN3O4. The maximum absolute atomic E-state index is 13.3. The molecule has 1 N–H and O–H groups in total. The van der Waals surface area contributed by atoms with Crippen molar-refractivity contribution in [3.05, 3.63) is 101 Å². The van der Waals surface area contributed by atoms with Gasteiger partial charge in [0.25, 0.3) is 5.91 Å². The van der Waals surface area contributed by atoms with Gasteiger partial charge in [-0.3, -0.25) is 9.59 Å². The molecule has 0 saturated carbocycles. The van der Waals surface area contributed by atoms with Gasteiger partial charge in [-0.1, -0.05) is 18.2 Å². The number of benzene rings is 2. The lowest BCUT2D eigenvalue weighted by Gasteiger charge is -2.24. The van der Waals surface area contributed by atoms with Crippen molar-refractivity contribution < 1.29 is 23.5 Å². The van der Waals surface area contributed by atoms with Crippen LogP contribution in [0.25, 0.3) is 5.52 Å². The third-order valence-electron chi connectivity index (χ3n) is 5.63. The number of amides is 1. The van der Waals surface area contributed by atoms with Gasteiger partial charge in [0.2, 0.25) is 11.9 Å². The quantitative estimate of drug-likeness (QED) is 0.280. The van der Waals surface area contributed by atoms with Crippen molar-refractivity contribution in [1.82, 2.24) is 9.83 Å². The van der Waals surface area contributed by atoms with E-state index in [1.54, 1.807) is 28.8 Å². The monoisotopic (exact) mass is 457 g/mol. The van der Waals surface area contributed by atoms with Crippen molar-refractivity contribution in [3.63, 3.8) is 0 Å². The second-order valence-corrected chi connectivity index (χ2v) is 7.78. The van der Waals surface area contributed by atoms with Crippen LogP contribution in [0.4, 0.5) is 4.39 Å². The molecule has 1 atom stereocenters. The Morgan fingerprint density at radius 2 is 1.79 bits per heavy atom. The first kappa shape index (κ1) is 21.4. The van der Waals surface area contributed by atoms with Crippen LogP contribution in [0.5, 0.6) is 11.5 Å². The number of ketones is 1. The molecule has 170 valence electrons. The molecule has 3 heterocycles. The Hall–Kier alpha value is -4.46. The summed E-state index contributed by atoms with van der Waals surface area (Å²) in [5.74, 6) is -0.0172.